The zero-order valence-electron chi connectivity index (χ0n) is 22.0. The maximum absolute atomic E-state index is 11.8. The van der Waals surface area contributed by atoms with E-state index in [-0.39, 0.29) is 28.3 Å². The summed E-state index contributed by atoms with van der Waals surface area (Å²) < 4.78 is 9.70. The Morgan fingerprint density at radius 2 is 1.17 bits per heavy atom. The number of carboxylic acid groups (broad SMARTS) is 1. The maximum atomic E-state index is 11.8. The zero-order chi connectivity index (χ0) is 30.8. The highest BCUT2D eigenvalue weighted by Gasteiger charge is 2.19. The van der Waals surface area contributed by atoms with Crippen LogP contribution in [0.3, 0.4) is 0 Å². The molecule has 12 nitrogen and oxygen atoms in total. The van der Waals surface area contributed by atoms with Gasteiger partial charge in [0.15, 0.2) is 0 Å². The van der Waals surface area contributed by atoms with Crippen LogP contribution in [0.25, 0.3) is 0 Å². The molecule has 0 unspecified atom stereocenters. The fraction of sp³-hybridized carbons (Fsp3) is 0.0714. The second-order valence-electron chi connectivity index (χ2n) is 8.05. The number of non-ortho nitro benzene ring substituents is 2. The third kappa shape index (κ3) is 8.46. The number of nitro groups is 2. The van der Waals surface area contributed by atoms with Crippen molar-refractivity contribution < 1.29 is 39.1 Å². The lowest BCUT2D eigenvalue weighted by molar-refractivity contribution is -0.385. The highest BCUT2D eigenvalue weighted by atomic mass is 32.2. The number of carboxylic acids is 1. The highest BCUT2D eigenvalue weighted by Crippen LogP contribution is 2.35. The SMILES string of the molecule is COC(=O)c1cc([N+](=O)[O-])ccc1Sc1ccc(O)cc1.COc1ccc(Sc2ccc([N+](=O)[O-])cc2C(=O)O)cc1. The maximum Gasteiger partial charge on any atom is 0.339 e. The molecule has 216 valence electrons. The fourth-order valence-corrected chi connectivity index (χ4v) is 5.12. The number of carbonyl (C=O) groups is 2. The number of methoxy groups -OCH3 is 2. The van der Waals surface area contributed by atoms with E-state index in [2.05, 4.69) is 4.74 Å². The minimum Gasteiger partial charge on any atom is -0.508 e. The molecule has 0 atom stereocenters. The van der Waals surface area contributed by atoms with Gasteiger partial charge in [-0.15, -0.1) is 0 Å². The summed E-state index contributed by atoms with van der Waals surface area (Å²) >= 11 is 2.48. The zero-order valence-corrected chi connectivity index (χ0v) is 23.6. The van der Waals surface area contributed by atoms with Crippen LogP contribution in [0.4, 0.5) is 11.4 Å². The van der Waals surface area contributed by atoms with Crippen LogP contribution < -0.4 is 4.74 Å². The molecular weight excluding hydrogens is 588 g/mol. The molecule has 0 heterocycles. The number of hydrogen-bond acceptors (Lipinski definition) is 11. The van der Waals surface area contributed by atoms with E-state index in [4.69, 9.17) is 4.74 Å². The van der Waals surface area contributed by atoms with E-state index in [1.807, 2.05) is 0 Å². The Morgan fingerprint density at radius 1 is 0.714 bits per heavy atom. The lowest BCUT2D eigenvalue weighted by Gasteiger charge is -2.07. The Bertz CT molecular complexity index is 1610. The van der Waals surface area contributed by atoms with Gasteiger partial charge in [-0.2, -0.15) is 0 Å². The number of nitrogens with zero attached hydrogens (tertiary/aromatic N) is 2. The van der Waals surface area contributed by atoms with Gasteiger partial charge in [0, 0.05) is 43.8 Å². The van der Waals surface area contributed by atoms with E-state index in [0.29, 0.717) is 15.5 Å². The number of carbonyl (C=O) groups excluding carboxylic acids is 1. The number of aromatic carboxylic acids is 1. The fourth-order valence-electron chi connectivity index (χ4n) is 3.29. The Morgan fingerprint density at radius 3 is 1.60 bits per heavy atom. The average molecular weight is 611 g/mol. The molecule has 0 bridgehead atoms. The molecule has 0 aromatic heterocycles. The van der Waals surface area contributed by atoms with Gasteiger partial charge in [0.05, 0.1) is 35.2 Å². The van der Waals surface area contributed by atoms with Crippen molar-refractivity contribution in [1.29, 1.82) is 0 Å². The molecule has 0 spiro atoms. The first-order chi connectivity index (χ1) is 20.0. The van der Waals surface area contributed by atoms with Gasteiger partial charge in [-0.1, -0.05) is 23.5 Å². The van der Waals surface area contributed by atoms with Crippen LogP contribution in [-0.2, 0) is 4.74 Å². The summed E-state index contributed by atoms with van der Waals surface area (Å²) in [5, 5.41) is 39.9. The number of nitro benzene ring substituents is 2. The van der Waals surface area contributed by atoms with Gasteiger partial charge >= 0.3 is 11.9 Å². The van der Waals surface area contributed by atoms with Crippen molar-refractivity contribution in [3.05, 3.63) is 116 Å². The van der Waals surface area contributed by atoms with E-state index in [0.717, 1.165) is 15.9 Å². The summed E-state index contributed by atoms with van der Waals surface area (Å²) in [5.41, 5.74) is -0.383. The average Bonchev–Trinajstić information content (AvgIpc) is 2.98. The van der Waals surface area contributed by atoms with Gasteiger partial charge in [0.2, 0.25) is 0 Å². The van der Waals surface area contributed by atoms with Crippen molar-refractivity contribution in [2.24, 2.45) is 0 Å². The number of phenolic OH excluding ortho intramolecular Hbond substituents is 1. The molecule has 4 aromatic carbocycles. The summed E-state index contributed by atoms with van der Waals surface area (Å²) in [6.45, 7) is 0. The van der Waals surface area contributed by atoms with Crippen molar-refractivity contribution in [2.75, 3.05) is 14.2 Å². The lowest BCUT2D eigenvalue weighted by atomic mass is 10.2. The van der Waals surface area contributed by atoms with E-state index < -0.39 is 21.8 Å². The van der Waals surface area contributed by atoms with Gasteiger partial charge in [0.25, 0.3) is 11.4 Å². The molecular formula is C28H22N2O10S2. The number of phenols is 1. The first-order valence-corrected chi connectivity index (χ1v) is 13.3. The van der Waals surface area contributed by atoms with Gasteiger partial charge in [0.1, 0.15) is 11.5 Å². The minimum atomic E-state index is -1.20. The monoisotopic (exact) mass is 610 g/mol. The molecule has 42 heavy (non-hydrogen) atoms. The quantitative estimate of drug-likeness (QED) is 0.117. The predicted octanol–water partition coefficient (Wildman–Crippen LogP) is 6.69. The van der Waals surface area contributed by atoms with E-state index >= 15 is 0 Å². The Hall–Kier alpha value is -5.08. The van der Waals surface area contributed by atoms with Crippen molar-refractivity contribution in [2.45, 2.75) is 19.6 Å². The molecule has 4 rings (SSSR count). The largest absolute Gasteiger partial charge is 0.508 e. The van der Waals surface area contributed by atoms with Crippen LogP contribution >= 0.6 is 23.5 Å². The standard InChI is InChI=1S/2C14H11NO5S/c1-20-10-3-5-11(6-4-10)21-13-7-2-9(15(18)19)8-12(13)14(16)17;1-20-14(17)12-8-9(15(18)19)2-7-13(12)21-11-5-3-10(16)4-6-11/h2-8H,1H3,(H,16,17);2-8,16H,1H3. The Labute approximate surface area is 247 Å². The predicted molar refractivity (Wildman–Crippen MR) is 154 cm³/mol. The second-order valence-corrected chi connectivity index (χ2v) is 10.3. The summed E-state index contributed by atoms with van der Waals surface area (Å²) in [6, 6.07) is 21.3. The Balaban J connectivity index is 0.000000230. The first kappa shape index (κ1) is 31.4. The van der Waals surface area contributed by atoms with Crippen molar-refractivity contribution in [3.63, 3.8) is 0 Å². The molecule has 14 heteroatoms. The summed E-state index contributed by atoms with van der Waals surface area (Å²) in [5.74, 6) is -1.01. The van der Waals surface area contributed by atoms with Crippen LogP contribution in [0.1, 0.15) is 20.7 Å². The van der Waals surface area contributed by atoms with E-state index in [9.17, 15) is 40.0 Å². The van der Waals surface area contributed by atoms with Gasteiger partial charge in [-0.25, -0.2) is 9.59 Å². The van der Waals surface area contributed by atoms with E-state index in [1.165, 1.54) is 73.1 Å². The van der Waals surface area contributed by atoms with Gasteiger partial charge in [-0.3, -0.25) is 20.2 Å². The molecule has 0 amide bonds. The van der Waals surface area contributed by atoms with E-state index in [1.54, 1.807) is 43.5 Å². The molecule has 0 radical (unpaired) electrons. The number of benzene rings is 4. The minimum absolute atomic E-state index is 0.0926. The molecule has 4 aromatic rings. The number of ether oxygens (including phenoxy) is 2. The lowest BCUT2D eigenvalue weighted by Crippen LogP contribution is -2.04. The summed E-state index contributed by atoms with van der Waals surface area (Å²) in [6.07, 6.45) is 0. The van der Waals surface area contributed by atoms with Crippen LogP contribution in [0.2, 0.25) is 0 Å². The molecule has 0 saturated heterocycles. The van der Waals surface area contributed by atoms with Crippen molar-refractivity contribution in [1.82, 2.24) is 0 Å². The van der Waals surface area contributed by atoms with Crippen LogP contribution in [-0.4, -0.2) is 46.2 Å². The number of rotatable bonds is 9. The number of esters is 1. The third-order valence-corrected chi connectivity index (χ3v) is 7.50. The smallest absolute Gasteiger partial charge is 0.339 e. The number of hydrogen-bond donors (Lipinski definition) is 2. The molecule has 0 fully saturated rings. The van der Waals surface area contributed by atoms with Gasteiger partial charge in [-0.05, 0) is 60.7 Å². The second kappa shape index (κ2) is 14.5. The molecule has 2 N–H and O–H groups in total. The van der Waals surface area contributed by atoms with Crippen LogP contribution in [0.5, 0.6) is 11.5 Å². The topological polar surface area (TPSA) is 179 Å². The molecule has 0 aliphatic heterocycles. The molecule has 0 aliphatic rings. The third-order valence-electron chi connectivity index (χ3n) is 5.34. The summed E-state index contributed by atoms with van der Waals surface area (Å²) in [4.78, 5) is 45.9. The highest BCUT2D eigenvalue weighted by molar-refractivity contribution is 7.99. The first-order valence-electron chi connectivity index (χ1n) is 11.7. The van der Waals surface area contributed by atoms with Crippen molar-refractivity contribution >= 4 is 46.8 Å². The number of aromatic hydroxyl groups is 1. The van der Waals surface area contributed by atoms with Crippen LogP contribution in [0.15, 0.2) is 105 Å². The normalized spacial score (nSPS) is 10.1. The van der Waals surface area contributed by atoms with Crippen LogP contribution in [0, 0.1) is 20.2 Å². The molecule has 0 saturated carbocycles. The van der Waals surface area contributed by atoms with Gasteiger partial charge < -0.3 is 19.7 Å². The summed E-state index contributed by atoms with van der Waals surface area (Å²) in [7, 11) is 2.77. The Kier molecular flexibility index (Phi) is 10.9. The van der Waals surface area contributed by atoms with Crippen molar-refractivity contribution in [3.8, 4) is 11.5 Å². The molecule has 0 aliphatic carbocycles.